The molecule has 0 amide bonds. The van der Waals surface area contributed by atoms with Gasteiger partial charge < -0.3 is 4.84 Å². The van der Waals surface area contributed by atoms with Gasteiger partial charge in [0.2, 0.25) is 0 Å². The van der Waals surface area contributed by atoms with Crippen molar-refractivity contribution in [2.24, 2.45) is 0 Å². The van der Waals surface area contributed by atoms with Crippen molar-refractivity contribution in [2.45, 2.75) is 6.92 Å². The average molecular weight is 228 g/mol. The molecule has 0 aliphatic heterocycles. The molecular formula is C13H12N2O2. The molecule has 4 nitrogen and oxygen atoms in total. The highest BCUT2D eigenvalue weighted by atomic mass is 16.7. The van der Waals surface area contributed by atoms with Crippen LogP contribution in [0.4, 0.5) is 5.69 Å². The average Bonchev–Trinajstić information content (AvgIpc) is 2.39. The number of rotatable bonds is 3. The van der Waals surface area contributed by atoms with Crippen molar-refractivity contribution in [3.8, 4) is 0 Å². The first-order chi connectivity index (χ1) is 8.25. The number of pyridine rings is 1. The predicted octanol–water partition coefficient (Wildman–Crippen LogP) is 2.57. The third-order valence-electron chi connectivity index (χ3n) is 2.18. The predicted molar refractivity (Wildman–Crippen MR) is 64.5 cm³/mol. The van der Waals surface area contributed by atoms with Crippen LogP contribution in [-0.2, 0) is 4.84 Å². The van der Waals surface area contributed by atoms with E-state index in [9.17, 15) is 4.79 Å². The van der Waals surface area contributed by atoms with Crippen LogP contribution < -0.4 is 5.48 Å². The summed E-state index contributed by atoms with van der Waals surface area (Å²) in [5, 5.41) is 0. The molecule has 1 N–H and O–H groups in total. The molecular weight excluding hydrogens is 216 g/mol. The zero-order valence-electron chi connectivity index (χ0n) is 9.38. The van der Waals surface area contributed by atoms with E-state index in [4.69, 9.17) is 4.84 Å². The topological polar surface area (TPSA) is 51.2 Å². The van der Waals surface area contributed by atoms with Crippen LogP contribution >= 0.6 is 0 Å². The van der Waals surface area contributed by atoms with Crippen molar-refractivity contribution >= 4 is 11.7 Å². The maximum absolute atomic E-state index is 11.6. The van der Waals surface area contributed by atoms with Crippen LogP contribution in [-0.4, -0.2) is 11.0 Å². The van der Waals surface area contributed by atoms with Gasteiger partial charge >= 0.3 is 5.97 Å². The van der Waals surface area contributed by atoms with E-state index in [0.717, 1.165) is 5.69 Å². The number of hydrogen-bond acceptors (Lipinski definition) is 4. The first kappa shape index (κ1) is 11.1. The second kappa shape index (κ2) is 5.12. The SMILES string of the molecule is Cc1ccc(NOC(=O)c2ccccc2)cn1. The summed E-state index contributed by atoms with van der Waals surface area (Å²) in [5.74, 6) is -0.425. The molecule has 1 aromatic carbocycles. The lowest BCUT2D eigenvalue weighted by Gasteiger charge is -2.06. The third kappa shape index (κ3) is 3.04. The number of nitrogens with one attached hydrogen (secondary N) is 1. The molecule has 1 heterocycles. The largest absolute Gasteiger partial charge is 0.362 e. The molecule has 0 aliphatic rings. The Morgan fingerprint density at radius 3 is 2.59 bits per heavy atom. The molecule has 0 spiro atoms. The molecule has 2 rings (SSSR count). The molecule has 2 aromatic rings. The lowest BCUT2D eigenvalue weighted by molar-refractivity contribution is 0.0596. The van der Waals surface area contributed by atoms with Gasteiger partial charge in [-0.3, -0.25) is 4.98 Å². The van der Waals surface area contributed by atoms with Crippen molar-refractivity contribution in [1.82, 2.24) is 4.98 Å². The van der Waals surface area contributed by atoms with Gasteiger partial charge in [0.15, 0.2) is 0 Å². The van der Waals surface area contributed by atoms with E-state index in [-0.39, 0.29) is 0 Å². The van der Waals surface area contributed by atoms with E-state index in [0.29, 0.717) is 11.3 Å². The number of carbonyl (C=O) groups excluding carboxylic acids is 1. The Kier molecular flexibility index (Phi) is 3.35. The second-order valence-electron chi connectivity index (χ2n) is 3.55. The van der Waals surface area contributed by atoms with Crippen molar-refractivity contribution in [2.75, 3.05) is 5.48 Å². The molecule has 0 fully saturated rings. The second-order valence-corrected chi connectivity index (χ2v) is 3.55. The molecule has 0 bridgehead atoms. The summed E-state index contributed by atoms with van der Waals surface area (Å²) >= 11 is 0. The molecule has 1 aromatic heterocycles. The summed E-state index contributed by atoms with van der Waals surface area (Å²) in [6.45, 7) is 1.89. The Hall–Kier alpha value is -2.36. The fourth-order valence-corrected chi connectivity index (χ4v) is 1.27. The van der Waals surface area contributed by atoms with Crippen LogP contribution in [0.5, 0.6) is 0 Å². The number of carbonyl (C=O) groups is 1. The highest BCUT2D eigenvalue weighted by molar-refractivity contribution is 5.89. The fraction of sp³-hybridized carbons (Fsp3) is 0.0769. The highest BCUT2D eigenvalue weighted by Gasteiger charge is 2.05. The molecule has 4 heteroatoms. The summed E-state index contributed by atoms with van der Waals surface area (Å²) in [6.07, 6.45) is 1.60. The Balaban J connectivity index is 1.95. The van der Waals surface area contributed by atoms with E-state index < -0.39 is 5.97 Å². The molecule has 0 unspecified atom stereocenters. The first-order valence-electron chi connectivity index (χ1n) is 5.20. The lowest BCUT2D eigenvalue weighted by atomic mass is 10.2. The molecule has 0 atom stereocenters. The van der Waals surface area contributed by atoms with E-state index in [1.54, 1.807) is 36.5 Å². The van der Waals surface area contributed by atoms with Gasteiger partial charge in [0, 0.05) is 5.69 Å². The molecule has 86 valence electrons. The third-order valence-corrected chi connectivity index (χ3v) is 2.18. The maximum Gasteiger partial charge on any atom is 0.362 e. The van der Waals surface area contributed by atoms with E-state index in [1.165, 1.54) is 0 Å². The number of aryl methyl sites for hydroxylation is 1. The quantitative estimate of drug-likeness (QED) is 0.820. The zero-order valence-corrected chi connectivity index (χ0v) is 9.38. The minimum Gasteiger partial charge on any atom is -0.338 e. The Labute approximate surface area is 99.2 Å². The number of nitrogens with zero attached hydrogens (tertiary/aromatic N) is 1. The van der Waals surface area contributed by atoms with Gasteiger partial charge in [-0.05, 0) is 31.2 Å². The van der Waals surface area contributed by atoms with E-state index in [2.05, 4.69) is 10.5 Å². The minimum atomic E-state index is -0.425. The normalized spacial score (nSPS) is 9.71. The number of benzene rings is 1. The van der Waals surface area contributed by atoms with Crippen molar-refractivity contribution in [3.63, 3.8) is 0 Å². The smallest absolute Gasteiger partial charge is 0.338 e. The zero-order chi connectivity index (χ0) is 12.1. The molecule has 0 saturated heterocycles. The summed E-state index contributed by atoms with van der Waals surface area (Å²) in [6, 6.07) is 12.4. The number of hydrogen-bond donors (Lipinski definition) is 1. The highest BCUT2D eigenvalue weighted by Crippen LogP contribution is 2.07. The van der Waals surface area contributed by atoms with Gasteiger partial charge in [0.1, 0.15) is 0 Å². The Morgan fingerprint density at radius 2 is 1.94 bits per heavy atom. The van der Waals surface area contributed by atoms with Crippen molar-refractivity contribution in [3.05, 3.63) is 59.9 Å². The Morgan fingerprint density at radius 1 is 1.18 bits per heavy atom. The molecule has 0 radical (unpaired) electrons. The summed E-state index contributed by atoms with van der Waals surface area (Å²) < 4.78 is 0. The summed E-state index contributed by atoms with van der Waals surface area (Å²) in [5.41, 5.74) is 4.60. The van der Waals surface area contributed by atoms with E-state index >= 15 is 0 Å². The Bertz CT molecular complexity index is 495. The van der Waals surface area contributed by atoms with Crippen LogP contribution in [0.1, 0.15) is 16.1 Å². The van der Waals surface area contributed by atoms with Gasteiger partial charge in [0.25, 0.3) is 0 Å². The first-order valence-corrected chi connectivity index (χ1v) is 5.20. The van der Waals surface area contributed by atoms with Crippen molar-refractivity contribution < 1.29 is 9.63 Å². The lowest BCUT2D eigenvalue weighted by Crippen LogP contribution is -2.10. The maximum atomic E-state index is 11.6. The van der Waals surface area contributed by atoms with Crippen LogP contribution in [0.2, 0.25) is 0 Å². The van der Waals surface area contributed by atoms with Crippen LogP contribution in [0.25, 0.3) is 0 Å². The minimum absolute atomic E-state index is 0.425. The van der Waals surface area contributed by atoms with Crippen molar-refractivity contribution in [1.29, 1.82) is 0 Å². The van der Waals surface area contributed by atoms with E-state index in [1.807, 2.05) is 19.1 Å². The van der Waals surface area contributed by atoms with Crippen LogP contribution in [0.3, 0.4) is 0 Å². The van der Waals surface area contributed by atoms with Gasteiger partial charge in [-0.15, -0.1) is 0 Å². The fourth-order valence-electron chi connectivity index (χ4n) is 1.27. The van der Waals surface area contributed by atoms with Crippen LogP contribution in [0, 0.1) is 6.92 Å². The van der Waals surface area contributed by atoms with Gasteiger partial charge in [-0.25, -0.2) is 10.3 Å². The summed E-state index contributed by atoms with van der Waals surface area (Å²) in [7, 11) is 0. The number of aromatic nitrogens is 1. The van der Waals surface area contributed by atoms with Crippen LogP contribution in [0.15, 0.2) is 48.7 Å². The molecule has 0 aliphatic carbocycles. The number of anilines is 1. The van der Waals surface area contributed by atoms with Gasteiger partial charge in [-0.2, -0.15) is 0 Å². The standard InChI is InChI=1S/C13H12N2O2/c1-10-7-8-12(9-14-10)15-17-13(16)11-5-3-2-4-6-11/h2-9,15H,1H3. The summed E-state index contributed by atoms with van der Waals surface area (Å²) in [4.78, 5) is 20.6. The molecule has 17 heavy (non-hydrogen) atoms. The molecule has 0 saturated carbocycles. The van der Waals surface area contributed by atoms with Gasteiger partial charge in [-0.1, -0.05) is 18.2 Å². The van der Waals surface area contributed by atoms with Gasteiger partial charge in [0.05, 0.1) is 17.4 Å². The monoisotopic (exact) mass is 228 g/mol.